The number of hydrogen-bond donors (Lipinski definition) is 1. The highest BCUT2D eigenvalue weighted by molar-refractivity contribution is 5.81. The molecule has 138 valence electrons. The van der Waals surface area contributed by atoms with E-state index in [1.165, 1.54) is 18.2 Å². The summed E-state index contributed by atoms with van der Waals surface area (Å²) in [6, 6.07) is 5.06. The summed E-state index contributed by atoms with van der Waals surface area (Å²) >= 11 is 0. The number of rotatable bonds is 4. The number of carbonyl (C=O) groups is 2. The van der Waals surface area contributed by atoms with Crippen LogP contribution in [0.25, 0.3) is 0 Å². The monoisotopic (exact) mass is 356 g/mol. The first kappa shape index (κ1) is 19.3. The third-order valence-electron chi connectivity index (χ3n) is 4.28. The van der Waals surface area contributed by atoms with Crippen LogP contribution in [-0.2, 0) is 22.2 Å². The van der Waals surface area contributed by atoms with Crippen molar-refractivity contribution in [1.82, 2.24) is 10.2 Å². The summed E-state index contributed by atoms with van der Waals surface area (Å²) < 4.78 is 38.9. The molecule has 1 fully saturated rings. The minimum atomic E-state index is -4.48. The van der Waals surface area contributed by atoms with Crippen LogP contribution in [0.5, 0.6) is 0 Å². The smallest absolute Gasteiger partial charge is 0.355 e. The number of halogens is 3. The molecule has 1 N–H and O–H groups in total. The minimum absolute atomic E-state index is 0.0199. The average Bonchev–Trinajstić information content (AvgIpc) is 2.86. The van der Waals surface area contributed by atoms with Gasteiger partial charge in [-0.2, -0.15) is 13.2 Å². The SMILES string of the molecule is CC(C)(C)N1CC(CNC(=O)Cc2ccccc2C(F)(F)F)CC1=O. The normalized spacial score (nSPS) is 18.6. The van der Waals surface area contributed by atoms with Gasteiger partial charge in [-0.05, 0) is 32.4 Å². The second-order valence-electron chi connectivity index (χ2n) is 7.38. The number of nitrogens with zero attached hydrogens (tertiary/aromatic N) is 1. The Morgan fingerprint density at radius 1 is 1.24 bits per heavy atom. The van der Waals surface area contributed by atoms with Crippen molar-refractivity contribution in [2.45, 2.75) is 45.3 Å². The molecule has 25 heavy (non-hydrogen) atoms. The number of hydrogen-bond acceptors (Lipinski definition) is 2. The molecular weight excluding hydrogens is 333 g/mol. The van der Waals surface area contributed by atoms with Gasteiger partial charge in [0, 0.05) is 31.0 Å². The highest BCUT2D eigenvalue weighted by atomic mass is 19.4. The van der Waals surface area contributed by atoms with E-state index in [0.717, 1.165) is 6.07 Å². The molecule has 1 saturated heterocycles. The van der Waals surface area contributed by atoms with Crippen LogP contribution in [-0.4, -0.2) is 35.3 Å². The van der Waals surface area contributed by atoms with Crippen molar-refractivity contribution in [3.8, 4) is 0 Å². The number of alkyl halides is 3. The van der Waals surface area contributed by atoms with Crippen LogP contribution in [0.2, 0.25) is 0 Å². The lowest BCUT2D eigenvalue weighted by molar-refractivity contribution is -0.138. The molecule has 1 unspecified atom stereocenters. The molecule has 2 rings (SSSR count). The Bertz CT molecular complexity index is 650. The van der Waals surface area contributed by atoms with Crippen LogP contribution < -0.4 is 5.32 Å². The Labute approximate surface area is 145 Å². The Kier molecular flexibility index (Phi) is 5.44. The molecular formula is C18H23F3N2O2. The van der Waals surface area contributed by atoms with Gasteiger partial charge in [0.1, 0.15) is 0 Å². The van der Waals surface area contributed by atoms with E-state index >= 15 is 0 Å². The molecule has 1 aromatic rings. The van der Waals surface area contributed by atoms with Gasteiger partial charge in [-0.1, -0.05) is 18.2 Å². The molecule has 1 heterocycles. The zero-order chi connectivity index (χ0) is 18.8. The molecule has 0 saturated carbocycles. The van der Waals surface area contributed by atoms with Crippen molar-refractivity contribution in [3.05, 3.63) is 35.4 Å². The topological polar surface area (TPSA) is 49.4 Å². The van der Waals surface area contributed by atoms with E-state index in [1.54, 1.807) is 4.90 Å². The molecule has 0 bridgehead atoms. The molecule has 1 aliphatic heterocycles. The second-order valence-corrected chi connectivity index (χ2v) is 7.38. The lowest BCUT2D eigenvalue weighted by Gasteiger charge is -2.32. The summed E-state index contributed by atoms with van der Waals surface area (Å²) in [5.41, 5.74) is -1.12. The standard InChI is InChI=1S/C18H23F3N2O2/c1-17(2,3)23-11-12(8-16(23)25)10-22-15(24)9-13-6-4-5-7-14(13)18(19,20)21/h4-7,12H,8-11H2,1-3H3,(H,22,24). The molecule has 1 aromatic carbocycles. The van der Waals surface area contributed by atoms with Crippen LogP contribution in [0.4, 0.5) is 13.2 Å². The molecule has 7 heteroatoms. The number of benzene rings is 1. The maximum absolute atomic E-state index is 13.0. The van der Waals surface area contributed by atoms with Crippen molar-refractivity contribution in [1.29, 1.82) is 0 Å². The number of carbonyl (C=O) groups excluding carboxylic acids is 2. The quantitative estimate of drug-likeness (QED) is 0.902. The Balaban J connectivity index is 1.92. The van der Waals surface area contributed by atoms with Crippen molar-refractivity contribution in [3.63, 3.8) is 0 Å². The van der Waals surface area contributed by atoms with Gasteiger partial charge in [0.2, 0.25) is 11.8 Å². The Morgan fingerprint density at radius 2 is 1.88 bits per heavy atom. The first-order valence-electron chi connectivity index (χ1n) is 8.20. The third kappa shape index (κ3) is 4.96. The average molecular weight is 356 g/mol. The van der Waals surface area contributed by atoms with Crippen LogP contribution in [0.15, 0.2) is 24.3 Å². The van der Waals surface area contributed by atoms with Crippen molar-refractivity contribution in [2.75, 3.05) is 13.1 Å². The Hall–Kier alpha value is -2.05. The largest absolute Gasteiger partial charge is 0.416 e. The van der Waals surface area contributed by atoms with E-state index in [1.807, 2.05) is 20.8 Å². The van der Waals surface area contributed by atoms with Gasteiger partial charge < -0.3 is 10.2 Å². The van der Waals surface area contributed by atoms with E-state index in [9.17, 15) is 22.8 Å². The van der Waals surface area contributed by atoms with Gasteiger partial charge >= 0.3 is 6.18 Å². The van der Waals surface area contributed by atoms with Crippen molar-refractivity contribution in [2.24, 2.45) is 5.92 Å². The lowest BCUT2D eigenvalue weighted by atomic mass is 10.0. The van der Waals surface area contributed by atoms with E-state index in [4.69, 9.17) is 0 Å². The van der Waals surface area contributed by atoms with Crippen molar-refractivity contribution >= 4 is 11.8 Å². The molecule has 0 aromatic heterocycles. The van der Waals surface area contributed by atoms with Gasteiger partial charge in [0.05, 0.1) is 12.0 Å². The molecule has 1 atom stereocenters. The fourth-order valence-corrected chi connectivity index (χ4v) is 3.01. The van der Waals surface area contributed by atoms with Gasteiger partial charge in [-0.3, -0.25) is 9.59 Å². The van der Waals surface area contributed by atoms with Crippen LogP contribution >= 0.6 is 0 Å². The fraction of sp³-hybridized carbons (Fsp3) is 0.556. The van der Waals surface area contributed by atoms with Crippen LogP contribution in [0.1, 0.15) is 38.3 Å². The third-order valence-corrected chi connectivity index (χ3v) is 4.28. The molecule has 1 aliphatic rings. The van der Waals surface area contributed by atoms with Crippen LogP contribution in [0, 0.1) is 5.92 Å². The Morgan fingerprint density at radius 3 is 2.44 bits per heavy atom. The van der Waals surface area contributed by atoms with E-state index < -0.39 is 17.6 Å². The van der Waals surface area contributed by atoms with Gasteiger partial charge in [-0.15, -0.1) is 0 Å². The number of likely N-dealkylation sites (tertiary alicyclic amines) is 1. The summed E-state index contributed by atoms with van der Waals surface area (Å²) in [4.78, 5) is 25.8. The lowest BCUT2D eigenvalue weighted by Crippen LogP contribution is -2.42. The van der Waals surface area contributed by atoms with Gasteiger partial charge in [0.25, 0.3) is 0 Å². The summed E-state index contributed by atoms with van der Waals surface area (Å²) in [5, 5.41) is 2.66. The minimum Gasteiger partial charge on any atom is -0.355 e. The van der Waals surface area contributed by atoms with E-state index in [2.05, 4.69) is 5.32 Å². The molecule has 0 aliphatic carbocycles. The first-order chi connectivity index (χ1) is 11.5. The maximum atomic E-state index is 13.0. The highest BCUT2D eigenvalue weighted by Crippen LogP contribution is 2.32. The summed E-state index contributed by atoms with van der Waals surface area (Å²) in [6.45, 7) is 6.66. The predicted molar refractivity (Wildman–Crippen MR) is 87.7 cm³/mol. The summed E-state index contributed by atoms with van der Waals surface area (Å²) in [5.74, 6) is -0.457. The summed E-state index contributed by atoms with van der Waals surface area (Å²) in [6.07, 6.45) is -4.47. The number of nitrogens with one attached hydrogen (secondary N) is 1. The molecule has 0 spiro atoms. The molecule has 2 amide bonds. The maximum Gasteiger partial charge on any atom is 0.416 e. The fourth-order valence-electron chi connectivity index (χ4n) is 3.01. The number of amides is 2. The molecule has 4 nitrogen and oxygen atoms in total. The highest BCUT2D eigenvalue weighted by Gasteiger charge is 2.36. The van der Waals surface area contributed by atoms with E-state index in [0.29, 0.717) is 13.0 Å². The zero-order valence-electron chi connectivity index (χ0n) is 14.6. The zero-order valence-corrected chi connectivity index (χ0v) is 14.6. The van der Waals surface area contributed by atoms with Crippen molar-refractivity contribution < 1.29 is 22.8 Å². The summed E-state index contributed by atoms with van der Waals surface area (Å²) in [7, 11) is 0. The van der Waals surface area contributed by atoms with Crippen LogP contribution in [0.3, 0.4) is 0 Å². The van der Waals surface area contributed by atoms with Gasteiger partial charge in [-0.25, -0.2) is 0 Å². The first-order valence-corrected chi connectivity index (χ1v) is 8.20. The van der Waals surface area contributed by atoms with Gasteiger partial charge in [0.15, 0.2) is 0 Å². The predicted octanol–water partition coefficient (Wildman–Crippen LogP) is 3.01. The second kappa shape index (κ2) is 7.06. The van der Waals surface area contributed by atoms with E-state index in [-0.39, 0.29) is 35.9 Å². The molecule has 0 radical (unpaired) electrons.